The Morgan fingerprint density at radius 1 is 1.04 bits per heavy atom. The number of anilines is 1. The summed E-state index contributed by atoms with van der Waals surface area (Å²) in [5, 5.41) is 0. The molecule has 28 heavy (non-hydrogen) atoms. The Hall–Kier alpha value is -2.58. The SMILES string of the molecule is C[C@H](NS(=O)(=O)c1ccc(N2CCCC2=O)cc1)c1ccc2c(c1)OCCO2. The number of fused-ring (bicyclic) bond motifs is 1. The predicted molar refractivity (Wildman–Crippen MR) is 104 cm³/mol. The van der Waals surface area contributed by atoms with Crippen molar-refractivity contribution in [3.63, 3.8) is 0 Å². The minimum Gasteiger partial charge on any atom is -0.486 e. The molecule has 0 saturated carbocycles. The van der Waals surface area contributed by atoms with Crippen LogP contribution in [0.15, 0.2) is 47.4 Å². The average Bonchev–Trinajstić information content (AvgIpc) is 3.13. The fourth-order valence-electron chi connectivity index (χ4n) is 3.42. The molecule has 148 valence electrons. The van der Waals surface area contributed by atoms with Gasteiger partial charge in [0.25, 0.3) is 0 Å². The molecule has 1 fully saturated rings. The summed E-state index contributed by atoms with van der Waals surface area (Å²) in [5.41, 5.74) is 1.51. The van der Waals surface area contributed by atoms with Gasteiger partial charge in [-0.3, -0.25) is 4.79 Å². The number of nitrogens with one attached hydrogen (secondary N) is 1. The molecule has 2 aromatic rings. The number of carbonyl (C=O) groups is 1. The summed E-state index contributed by atoms with van der Waals surface area (Å²) in [6.45, 7) is 3.43. The number of nitrogens with zero attached hydrogens (tertiary/aromatic N) is 1. The maximum atomic E-state index is 12.8. The molecule has 2 aliphatic rings. The molecule has 1 saturated heterocycles. The number of carbonyl (C=O) groups excluding carboxylic acids is 1. The normalized spacial score (nSPS) is 17.6. The third-order valence-corrected chi connectivity index (χ3v) is 6.49. The van der Waals surface area contributed by atoms with Gasteiger partial charge in [-0.1, -0.05) is 6.07 Å². The molecule has 2 aliphatic heterocycles. The second kappa shape index (κ2) is 7.44. The van der Waals surface area contributed by atoms with Crippen molar-refractivity contribution >= 4 is 21.6 Å². The van der Waals surface area contributed by atoms with Crippen LogP contribution in [0.2, 0.25) is 0 Å². The quantitative estimate of drug-likeness (QED) is 0.831. The molecule has 2 heterocycles. The second-order valence-electron chi connectivity index (χ2n) is 6.89. The maximum Gasteiger partial charge on any atom is 0.241 e. The highest BCUT2D eigenvalue weighted by Crippen LogP contribution is 2.33. The van der Waals surface area contributed by atoms with Crippen LogP contribution in [0.4, 0.5) is 5.69 Å². The monoisotopic (exact) mass is 402 g/mol. The second-order valence-corrected chi connectivity index (χ2v) is 8.60. The first kappa shape index (κ1) is 18.8. The van der Waals surface area contributed by atoms with E-state index in [-0.39, 0.29) is 10.8 Å². The van der Waals surface area contributed by atoms with Crippen LogP contribution >= 0.6 is 0 Å². The topological polar surface area (TPSA) is 84.9 Å². The Bertz CT molecular complexity index is 988. The lowest BCUT2D eigenvalue weighted by Crippen LogP contribution is -2.27. The molecule has 7 nitrogen and oxygen atoms in total. The Labute approximate surface area is 164 Å². The van der Waals surface area contributed by atoms with Crippen molar-refractivity contribution in [3.8, 4) is 11.5 Å². The zero-order valence-corrected chi connectivity index (χ0v) is 16.4. The molecular weight excluding hydrogens is 380 g/mol. The van der Waals surface area contributed by atoms with Crippen LogP contribution in [0.1, 0.15) is 31.4 Å². The summed E-state index contributed by atoms with van der Waals surface area (Å²) in [6, 6.07) is 11.4. The molecule has 8 heteroatoms. The predicted octanol–water partition coefficient (Wildman–Crippen LogP) is 2.62. The van der Waals surface area contributed by atoms with Gasteiger partial charge in [0.15, 0.2) is 11.5 Å². The van der Waals surface area contributed by atoms with E-state index in [2.05, 4.69) is 4.72 Å². The fourth-order valence-corrected chi connectivity index (χ4v) is 4.66. The first-order valence-electron chi connectivity index (χ1n) is 9.26. The Kier molecular flexibility index (Phi) is 4.99. The summed E-state index contributed by atoms with van der Waals surface area (Å²) < 4.78 is 39.3. The van der Waals surface area contributed by atoms with Gasteiger partial charge in [0.1, 0.15) is 13.2 Å². The first-order valence-corrected chi connectivity index (χ1v) is 10.7. The molecule has 2 aromatic carbocycles. The minimum absolute atomic E-state index is 0.0703. The van der Waals surface area contributed by atoms with E-state index in [0.29, 0.717) is 37.7 Å². The Balaban J connectivity index is 1.49. The van der Waals surface area contributed by atoms with Crippen molar-refractivity contribution in [1.82, 2.24) is 4.72 Å². The highest BCUT2D eigenvalue weighted by atomic mass is 32.2. The van der Waals surface area contributed by atoms with Crippen molar-refractivity contribution in [2.75, 3.05) is 24.7 Å². The van der Waals surface area contributed by atoms with E-state index in [0.717, 1.165) is 17.7 Å². The van der Waals surface area contributed by atoms with Gasteiger partial charge in [-0.05, 0) is 55.3 Å². The Morgan fingerprint density at radius 3 is 2.43 bits per heavy atom. The zero-order valence-electron chi connectivity index (χ0n) is 15.6. The summed E-state index contributed by atoms with van der Waals surface area (Å²) in [7, 11) is -3.71. The Morgan fingerprint density at radius 2 is 1.75 bits per heavy atom. The van der Waals surface area contributed by atoms with Gasteiger partial charge in [-0.25, -0.2) is 13.1 Å². The average molecular weight is 402 g/mol. The van der Waals surface area contributed by atoms with Gasteiger partial charge in [0, 0.05) is 24.7 Å². The van der Waals surface area contributed by atoms with Crippen molar-refractivity contribution < 1.29 is 22.7 Å². The van der Waals surface area contributed by atoms with E-state index in [1.807, 2.05) is 6.07 Å². The van der Waals surface area contributed by atoms with E-state index in [4.69, 9.17) is 9.47 Å². The molecule has 0 aliphatic carbocycles. The van der Waals surface area contributed by atoms with Gasteiger partial charge in [-0.15, -0.1) is 0 Å². The molecule has 1 amide bonds. The van der Waals surface area contributed by atoms with Gasteiger partial charge < -0.3 is 14.4 Å². The summed E-state index contributed by atoms with van der Waals surface area (Å²) in [5.74, 6) is 1.35. The van der Waals surface area contributed by atoms with Crippen LogP contribution in [0, 0.1) is 0 Å². The van der Waals surface area contributed by atoms with Crippen molar-refractivity contribution in [1.29, 1.82) is 0 Å². The fraction of sp³-hybridized carbons (Fsp3) is 0.350. The number of hydrogen-bond donors (Lipinski definition) is 1. The van der Waals surface area contributed by atoms with Gasteiger partial charge in [0.05, 0.1) is 4.90 Å². The number of hydrogen-bond acceptors (Lipinski definition) is 5. The van der Waals surface area contributed by atoms with E-state index >= 15 is 0 Å². The molecule has 0 radical (unpaired) electrons. The van der Waals surface area contributed by atoms with Crippen molar-refractivity contribution in [3.05, 3.63) is 48.0 Å². The van der Waals surface area contributed by atoms with Crippen LogP contribution in [-0.4, -0.2) is 34.1 Å². The van der Waals surface area contributed by atoms with E-state index in [9.17, 15) is 13.2 Å². The smallest absolute Gasteiger partial charge is 0.241 e. The number of ether oxygens (including phenoxy) is 2. The molecule has 0 bridgehead atoms. The van der Waals surface area contributed by atoms with E-state index < -0.39 is 16.1 Å². The third kappa shape index (κ3) is 3.70. The summed E-state index contributed by atoms with van der Waals surface area (Å²) in [6.07, 6.45) is 1.36. The molecule has 4 rings (SSSR count). The van der Waals surface area contributed by atoms with Crippen LogP contribution in [0.25, 0.3) is 0 Å². The van der Waals surface area contributed by atoms with Crippen molar-refractivity contribution in [2.45, 2.75) is 30.7 Å². The summed E-state index contributed by atoms with van der Waals surface area (Å²) in [4.78, 5) is 13.7. The number of benzene rings is 2. The zero-order chi connectivity index (χ0) is 19.7. The lowest BCUT2D eigenvalue weighted by molar-refractivity contribution is -0.117. The number of rotatable bonds is 5. The van der Waals surface area contributed by atoms with Gasteiger partial charge in [-0.2, -0.15) is 0 Å². The standard InChI is InChI=1S/C20H22N2O5S/c1-14(15-4-9-18-19(13-15)27-12-11-26-18)21-28(24,25)17-7-5-16(6-8-17)22-10-2-3-20(22)23/h4-9,13-14,21H,2-3,10-12H2,1H3/t14-/m0/s1. The molecular formula is C20H22N2O5S. The molecule has 0 aromatic heterocycles. The lowest BCUT2D eigenvalue weighted by atomic mass is 10.1. The van der Waals surface area contributed by atoms with Gasteiger partial charge >= 0.3 is 0 Å². The first-order chi connectivity index (χ1) is 13.4. The maximum absolute atomic E-state index is 12.8. The van der Waals surface area contributed by atoms with Crippen LogP contribution < -0.4 is 19.1 Å². The molecule has 1 N–H and O–H groups in total. The highest BCUT2D eigenvalue weighted by molar-refractivity contribution is 7.89. The lowest BCUT2D eigenvalue weighted by Gasteiger charge is -2.21. The van der Waals surface area contributed by atoms with Crippen molar-refractivity contribution in [2.24, 2.45) is 0 Å². The highest BCUT2D eigenvalue weighted by Gasteiger charge is 2.24. The molecule has 0 spiro atoms. The minimum atomic E-state index is -3.71. The van der Waals surface area contributed by atoms with Crippen LogP contribution in [0.3, 0.4) is 0 Å². The molecule has 0 unspecified atom stereocenters. The number of sulfonamides is 1. The third-order valence-electron chi connectivity index (χ3n) is 4.93. The van der Waals surface area contributed by atoms with Gasteiger partial charge in [0.2, 0.25) is 15.9 Å². The van der Waals surface area contributed by atoms with Crippen LogP contribution in [0.5, 0.6) is 11.5 Å². The van der Waals surface area contributed by atoms with E-state index in [1.165, 1.54) is 12.1 Å². The summed E-state index contributed by atoms with van der Waals surface area (Å²) >= 11 is 0. The number of amides is 1. The molecule has 1 atom stereocenters. The largest absolute Gasteiger partial charge is 0.486 e. The van der Waals surface area contributed by atoms with Crippen LogP contribution in [-0.2, 0) is 14.8 Å². The van der Waals surface area contributed by atoms with E-state index in [1.54, 1.807) is 36.1 Å².